The Balaban J connectivity index is 1.50. The molecule has 27 heavy (non-hydrogen) atoms. The number of hydrogen-bond acceptors (Lipinski definition) is 6. The zero-order valence-corrected chi connectivity index (χ0v) is 16.1. The van der Waals surface area contributed by atoms with Crippen molar-refractivity contribution in [1.29, 1.82) is 0 Å². The summed E-state index contributed by atoms with van der Waals surface area (Å²) in [6, 6.07) is 17.5. The Labute approximate surface area is 166 Å². The summed E-state index contributed by atoms with van der Waals surface area (Å²) in [6.45, 7) is 2.13. The van der Waals surface area contributed by atoms with Crippen LogP contribution in [0.3, 0.4) is 0 Å². The lowest BCUT2D eigenvalue weighted by Crippen LogP contribution is -2.25. The van der Waals surface area contributed by atoms with E-state index in [1.807, 2.05) is 61.5 Å². The van der Waals surface area contributed by atoms with Crippen LogP contribution in [-0.2, 0) is 4.79 Å². The number of halogens is 1. The van der Waals surface area contributed by atoms with E-state index in [-0.39, 0.29) is 12.5 Å². The maximum Gasteiger partial charge on any atom is 0.259 e. The molecule has 3 rings (SSSR count). The molecule has 6 nitrogen and oxygen atoms in total. The van der Waals surface area contributed by atoms with Gasteiger partial charge in [0.05, 0.1) is 17.6 Å². The first kappa shape index (κ1) is 18.9. The van der Waals surface area contributed by atoms with E-state index in [1.165, 1.54) is 17.6 Å². The van der Waals surface area contributed by atoms with Gasteiger partial charge in [0.15, 0.2) is 10.3 Å². The summed E-state index contributed by atoms with van der Waals surface area (Å²) < 4.78 is 0. The third kappa shape index (κ3) is 5.80. The van der Waals surface area contributed by atoms with E-state index in [0.717, 1.165) is 16.9 Å². The highest BCUT2D eigenvalue weighted by atomic mass is 35.5. The van der Waals surface area contributed by atoms with Crippen molar-refractivity contribution in [2.75, 3.05) is 17.2 Å². The third-order valence-electron chi connectivity index (χ3n) is 3.51. The molecule has 2 aromatic carbocycles. The number of carbonyl (C=O) groups excluding carboxylic acids is 1. The molecule has 1 aromatic heterocycles. The van der Waals surface area contributed by atoms with Crippen molar-refractivity contribution in [1.82, 2.24) is 10.4 Å². The molecule has 0 spiro atoms. The topological polar surface area (TPSA) is 78.4 Å². The SMILES string of the molecule is Cc1ccc(NCC(=O)N/N=C/c2sc(Nc3ccccc3)nc2Cl)cc1. The molecule has 8 heteroatoms. The molecular formula is C19H18ClN5OS. The summed E-state index contributed by atoms with van der Waals surface area (Å²) in [6.07, 6.45) is 1.49. The van der Waals surface area contributed by atoms with Gasteiger partial charge >= 0.3 is 0 Å². The Morgan fingerprint density at radius 1 is 1.15 bits per heavy atom. The van der Waals surface area contributed by atoms with Crippen molar-refractivity contribution in [2.24, 2.45) is 5.10 Å². The predicted octanol–water partition coefficient (Wildman–Crippen LogP) is 4.41. The number of benzene rings is 2. The van der Waals surface area contributed by atoms with Gasteiger partial charge in [-0.3, -0.25) is 4.79 Å². The molecule has 1 amide bonds. The van der Waals surface area contributed by atoms with E-state index in [9.17, 15) is 4.79 Å². The van der Waals surface area contributed by atoms with Gasteiger partial charge in [0.25, 0.3) is 5.91 Å². The summed E-state index contributed by atoms with van der Waals surface area (Å²) in [5, 5.41) is 11.1. The Bertz CT molecular complexity index is 925. The van der Waals surface area contributed by atoms with Crippen LogP contribution in [0.15, 0.2) is 59.7 Å². The molecule has 0 fully saturated rings. The lowest BCUT2D eigenvalue weighted by atomic mass is 10.2. The number of anilines is 3. The van der Waals surface area contributed by atoms with Crippen LogP contribution < -0.4 is 16.1 Å². The summed E-state index contributed by atoms with van der Waals surface area (Å²) >= 11 is 7.47. The van der Waals surface area contributed by atoms with Crippen LogP contribution in [0, 0.1) is 6.92 Å². The molecule has 0 radical (unpaired) electrons. The lowest BCUT2D eigenvalue weighted by Gasteiger charge is -2.05. The van der Waals surface area contributed by atoms with E-state index in [1.54, 1.807) is 0 Å². The van der Waals surface area contributed by atoms with Gasteiger partial charge in [-0.15, -0.1) is 0 Å². The highest BCUT2D eigenvalue weighted by Gasteiger charge is 2.08. The number of aromatic nitrogens is 1. The molecule has 0 unspecified atom stereocenters. The molecule has 3 aromatic rings. The van der Waals surface area contributed by atoms with Crippen molar-refractivity contribution in [2.45, 2.75) is 6.92 Å². The van der Waals surface area contributed by atoms with E-state index in [4.69, 9.17) is 11.6 Å². The van der Waals surface area contributed by atoms with Crippen molar-refractivity contribution >= 4 is 51.6 Å². The second kappa shape index (κ2) is 9.16. The maximum atomic E-state index is 11.9. The first-order chi connectivity index (χ1) is 13.1. The van der Waals surface area contributed by atoms with Gasteiger partial charge in [-0.2, -0.15) is 5.10 Å². The molecule has 0 aliphatic carbocycles. The molecule has 0 bridgehead atoms. The van der Waals surface area contributed by atoms with Crippen LogP contribution in [-0.4, -0.2) is 23.7 Å². The average molecular weight is 400 g/mol. The summed E-state index contributed by atoms with van der Waals surface area (Å²) in [7, 11) is 0. The number of nitrogens with one attached hydrogen (secondary N) is 3. The van der Waals surface area contributed by atoms with E-state index in [0.29, 0.717) is 15.2 Å². The lowest BCUT2D eigenvalue weighted by molar-refractivity contribution is -0.119. The van der Waals surface area contributed by atoms with E-state index >= 15 is 0 Å². The number of aryl methyl sites for hydroxylation is 1. The van der Waals surface area contributed by atoms with Gasteiger partial charge in [-0.1, -0.05) is 58.8 Å². The fraction of sp³-hybridized carbons (Fsp3) is 0.105. The molecule has 3 N–H and O–H groups in total. The van der Waals surface area contributed by atoms with E-state index in [2.05, 4.69) is 26.1 Å². The second-order valence-electron chi connectivity index (χ2n) is 5.68. The van der Waals surface area contributed by atoms with Crippen LogP contribution in [0.2, 0.25) is 5.15 Å². The number of rotatable bonds is 7. The van der Waals surface area contributed by atoms with Crippen LogP contribution >= 0.6 is 22.9 Å². The molecule has 0 aliphatic rings. The van der Waals surface area contributed by atoms with Crippen molar-refractivity contribution in [3.8, 4) is 0 Å². The molecule has 0 atom stereocenters. The number of carbonyl (C=O) groups is 1. The monoisotopic (exact) mass is 399 g/mol. The summed E-state index contributed by atoms with van der Waals surface area (Å²) in [4.78, 5) is 16.8. The molecule has 138 valence electrons. The molecule has 0 saturated carbocycles. The highest BCUT2D eigenvalue weighted by molar-refractivity contribution is 7.17. The average Bonchev–Trinajstić information content (AvgIpc) is 3.01. The minimum atomic E-state index is -0.255. The zero-order chi connectivity index (χ0) is 19.1. The number of amides is 1. The normalized spacial score (nSPS) is 10.7. The van der Waals surface area contributed by atoms with Crippen molar-refractivity contribution in [3.05, 3.63) is 70.2 Å². The quantitative estimate of drug-likeness (QED) is 0.406. The first-order valence-corrected chi connectivity index (χ1v) is 9.40. The van der Waals surface area contributed by atoms with Crippen LogP contribution in [0.5, 0.6) is 0 Å². The first-order valence-electron chi connectivity index (χ1n) is 8.21. The number of thiazole rings is 1. The molecule has 1 heterocycles. The summed E-state index contributed by atoms with van der Waals surface area (Å²) in [5.41, 5.74) is 5.43. The fourth-order valence-electron chi connectivity index (χ4n) is 2.15. The Kier molecular flexibility index (Phi) is 6.40. The minimum Gasteiger partial charge on any atom is -0.376 e. The van der Waals surface area contributed by atoms with Gasteiger partial charge in [0, 0.05) is 11.4 Å². The largest absolute Gasteiger partial charge is 0.376 e. The number of nitrogens with zero attached hydrogens (tertiary/aromatic N) is 2. The summed E-state index contributed by atoms with van der Waals surface area (Å²) in [5.74, 6) is -0.255. The van der Waals surface area contributed by atoms with Gasteiger partial charge < -0.3 is 10.6 Å². The van der Waals surface area contributed by atoms with Gasteiger partial charge in [-0.05, 0) is 31.2 Å². The van der Waals surface area contributed by atoms with Crippen molar-refractivity contribution < 1.29 is 4.79 Å². The predicted molar refractivity (Wildman–Crippen MR) is 112 cm³/mol. The Morgan fingerprint density at radius 3 is 2.63 bits per heavy atom. The van der Waals surface area contributed by atoms with Crippen LogP contribution in [0.1, 0.15) is 10.4 Å². The second-order valence-corrected chi connectivity index (χ2v) is 7.07. The fourth-order valence-corrected chi connectivity index (χ4v) is 3.20. The van der Waals surface area contributed by atoms with Crippen LogP contribution in [0.25, 0.3) is 0 Å². The van der Waals surface area contributed by atoms with Gasteiger partial charge in [-0.25, -0.2) is 10.4 Å². The number of para-hydroxylation sites is 1. The Morgan fingerprint density at radius 2 is 1.89 bits per heavy atom. The molecular weight excluding hydrogens is 382 g/mol. The standard InChI is InChI=1S/C19H18ClN5OS/c1-13-7-9-14(10-8-13)21-12-17(26)25-22-11-16-18(20)24-19(27-16)23-15-5-3-2-4-6-15/h2-11,21H,12H2,1H3,(H,23,24)(H,25,26)/b22-11+. The maximum absolute atomic E-state index is 11.9. The van der Waals surface area contributed by atoms with Crippen LogP contribution in [0.4, 0.5) is 16.5 Å². The van der Waals surface area contributed by atoms with Crippen molar-refractivity contribution in [3.63, 3.8) is 0 Å². The van der Waals surface area contributed by atoms with Gasteiger partial charge in [0.2, 0.25) is 0 Å². The van der Waals surface area contributed by atoms with E-state index < -0.39 is 0 Å². The minimum absolute atomic E-state index is 0.123. The zero-order valence-electron chi connectivity index (χ0n) is 14.6. The molecule has 0 aliphatic heterocycles. The third-order valence-corrected chi connectivity index (χ3v) is 4.82. The smallest absolute Gasteiger partial charge is 0.259 e. The number of hydrazone groups is 1. The number of hydrogen-bond donors (Lipinski definition) is 3. The molecule has 0 saturated heterocycles. The highest BCUT2D eigenvalue weighted by Crippen LogP contribution is 2.27. The van der Waals surface area contributed by atoms with Gasteiger partial charge in [0.1, 0.15) is 0 Å². The Hall–Kier alpha value is -2.90.